The van der Waals surface area contributed by atoms with Gasteiger partial charge in [0.05, 0.1) is 6.26 Å². The highest BCUT2D eigenvalue weighted by Crippen LogP contribution is 2.34. The van der Waals surface area contributed by atoms with Gasteiger partial charge in [-0.1, -0.05) is 43.3 Å². The zero-order valence-corrected chi connectivity index (χ0v) is 9.06. The van der Waals surface area contributed by atoms with Gasteiger partial charge in [0.2, 0.25) is 0 Å². The van der Waals surface area contributed by atoms with Gasteiger partial charge in [0, 0.05) is 5.92 Å². The Morgan fingerprint density at radius 1 is 1.13 bits per heavy atom. The van der Waals surface area contributed by atoms with Gasteiger partial charge in [-0.3, -0.25) is 0 Å². The van der Waals surface area contributed by atoms with Gasteiger partial charge in [-0.2, -0.15) is 0 Å². The van der Waals surface area contributed by atoms with Crippen molar-refractivity contribution in [3.8, 4) is 0 Å². The van der Waals surface area contributed by atoms with E-state index in [0.29, 0.717) is 12.0 Å². The van der Waals surface area contributed by atoms with Crippen LogP contribution in [0.3, 0.4) is 0 Å². The van der Waals surface area contributed by atoms with Crippen molar-refractivity contribution >= 4 is 0 Å². The Morgan fingerprint density at radius 3 is 2.60 bits per heavy atom. The molecule has 0 amide bonds. The minimum absolute atomic E-state index is 0.332. The van der Waals surface area contributed by atoms with Crippen molar-refractivity contribution in [3.63, 3.8) is 0 Å². The van der Waals surface area contributed by atoms with Crippen molar-refractivity contribution in [2.24, 2.45) is 0 Å². The first-order chi connectivity index (χ1) is 7.42. The van der Waals surface area contributed by atoms with Gasteiger partial charge >= 0.3 is 0 Å². The molecule has 0 radical (unpaired) electrons. The predicted octanol–water partition coefficient (Wildman–Crippen LogP) is 3.87. The average Bonchev–Trinajstić information content (AvgIpc) is 2.31. The summed E-state index contributed by atoms with van der Waals surface area (Å²) in [5, 5.41) is 0. The van der Waals surface area contributed by atoms with Crippen LogP contribution in [0.25, 0.3) is 0 Å². The Balaban J connectivity index is 2.14. The van der Waals surface area contributed by atoms with Crippen molar-refractivity contribution in [2.45, 2.75) is 37.7 Å². The summed E-state index contributed by atoms with van der Waals surface area (Å²) in [6, 6.07) is 10.7. The van der Waals surface area contributed by atoms with Gasteiger partial charge in [-0.05, 0) is 24.8 Å². The van der Waals surface area contributed by atoms with Crippen LogP contribution in [0.15, 0.2) is 43.2 Å². The van der Waals surface area contributed by atoms with Crippen LogP contribution in [0.1, 0.15) is 37.2 Å². The summed E-state index contributed by atoms with van der Waals surface area (Å²) in [7, 11) is 0. The van der Waals surface area contributed by atoms with E-state index in [4.69, 9.17) is 4.74 Å². The van der Waals surface area contributed by atoms with Crippen LogP contribution in [-0.4, -0.2) is 6.10 Å². The molecule has 0 spiro atoms. The molecule has 2 unspecified atom stereocenters. The number of rotatable bonds is 3. The zero-order chi connectivity index (χ0) is 10.5. The first kappa shape index (κ1) is 10.3. The molecule has 1 nitrogen and oxygen atoms in total. The van der Waals surface area contributed by atoms with Crippen LogP contribution >= 0.6 is 0 Å². The van der Waals surface area contributed by atoms with Crippen molar-refractivity contribution in [1.82, 2.24) is 0 Å². The molecule has 0 bridgehead atoms. The minimum Gasteiger partial charge on any atom is -0.498 e. The van der Waals surface area contributed by atoms with Crippen LogP contribution in [0.4, 0.5) is 0 Å². The maximum Gasteiger partial charge on any atom is 0.105 e. The molecule has 2 atom stereocenters. The van der Waals surface area contributed by atoms with E-state index in [2.05, 4.69) is 36.9 Å². The van der Waals surface area contributed by atoms with E-state index in [1.54, 1.807) is 6.26 Å². The van der Waals surface area contributed by atoms with Crippen LogP contribution in [-0.2, 0) is 4.74 Å². The van der Waals surface area contributed by atoms with Gasteiger partial charge in [-0.15, -0.1) is 0 Å². The largest absolute Gasteiger partial charge is 0.498 e. The second-order valence-electron chi connectivity index (χ2n) is 4.14. The zero-order valence-electron chi connectivity index (χ0n) is 9.06. The predicted molar refractivity (Wildman–Crippen MR) is 62.7 cm³/mol. The topological polar surface area (TPSA) is 9.23 Å². The summed E-state index contributed by atoms with van der Waals surface area (Å²) in [6.45, 7) is 3.66. The molecule has 1 aromatic rings. The normalized spacial score (nSPS) is 25.9. The fourth-order valence-corrected chi connectivity index (χ4v) is 2.46. The van der Waals surface area contributed by atoms with Gasteiger partial charge in [0.1, 0.15) is 6.10 Å². The Morgan fingerprint density at radius 2 is 1.87 bits per heavy atom. The Hall–Kier alpha value is -1.24. The molecule has 1 fully saturated rings. The molecule has 15 heavy (non-hydrogen) atoms. The van der Waals surface area contributed by atoms with E-state index in [9.17, 15) is 0 Å². The second kappa shape index (κ2) is 5.01. The van der Waals surface area contributed by atoms with E-state index < -0.39 is 0 Å². The molecule has 1 heteroatoms. The molecule has 80 valence electrons. The summed E-state index contributed by atoms with van der Waals surface area (Å²) in [5.74, 6) is 0.554. The minimum atomic E-state index is 0.332. The SMILES string of the molecule is C=COC1CCCCC1c1ccccc1. The summed E-state index contributed by atoms with van der Waals surface area (Å²) in [4.78, 5) is 0. The third-order valence-electron chi connectivity index (χ3n) is 3.20. The molecular weight excluding hydrogens is 184 g/mol. The third kappa shape index (κ3) is 2.41. The molecule has 1 aliphatic rings. The van der Waals surface area contributed by atoms with E-state index in [-0.39, 0.29) is 0 Å². The lowest BCUT2D eigenvalue weighted by Crippen LogP contribution is -2.24. The molecular formula is C14H18O. The third-order valence-corrected chi connectivity index (χ3v) is 3.20. The Kier molecular flexibility index (Phi) is 3.44. The molecule has 1 aliphatic carbocycles. The maximum atomic E-state index is 5.61. The highest BCUT2D eigenvalue weighted by Gasteiger charge is 2.26. The van der Waals surface area contributed by atoms with E-state index in [1.807, 2.05) is 0 Å². The Bertz CT molecular complexity index is 304. The first-order valence-corrected chi connectivity index (χ1v) is 5.73. The van der Waals surface area contributed by atoms with Gasteiger partial charge in [0.15, 0.2) is 0 Å². The second-order valence-corrected chi connectivity index (χ2v) is 4.14. The summed E-state index contributed by atoms with van der Waals surface area (Å²) in [5.41, 5.74) is 1.41. The fraction of sp³-hybridized carbons (Fsp3) is 0.429. The van der Waals surface area contributed by atoms with Crippen molar-refractivity contribution in [1.29, 1.82) is 0 Å². The summed E-state index contributed by atoms with van der Waals surface area (Å²) in [6.07, 6.45) is 6.91. The van der Waals surface area contributed by atoms with Crippen molar-refractivity contribution < 1.29 is 4.74 Å². The van der Waals surface area contributed by atoms with Crippen LogP contribution in [0.2, 0.25) is 0 Å². The molecule has 1 aromatic carbocycles. The molecule has 2 rings (SSSR count). The monoisotopic (exact) mass is 202 g/mol. The van der Waals surface area contributed by atoms with Crippen LogP contribution < -0.4 is 0 Å². The van der Waals surface area contributed by atoms with E-state index in [1.165, 1.54) is 24.8 Å². The number of benzene rings is 1. The first-order valence-electron chi connectivity index (χ1n) is 5.73. The molecule has 0 saturated heterocycles. The van der Waals surface area contributed by atoms with Gasteiger partial charge in [0.25, 0.3) is 0 Å². The number of hydrogen-bond donors (Lipinski definition) is 0. The lowest BCUT2D eigenvalue weighted by atomic mass is 9.81. The van der Waals surface area contributed by atoms with Crippen LogP contribution in [0, 0.1) is 0 Å². The van der Waals surface area contributed by atoms with Gasteiger partial charge in [-0.25, -0.2) is 0 Å². The number of ether oxygens (including phenoxy) is 1. The smallest absolute Gasteiger partial charge is 0.105 e. The lowest BCUT2D eigenvalue weighted by Gasteiger charge is -2.31. The molecule has 0 heterocycles. The molecule has 1 saturated carbocycles. The number of hydrogen-bond acceptors (Lipinski definition) is 1. The van der Waals surface area contributed by atoms with Crippen molar-refractivity contribution in [2.75, 3.05) is 0 Å². The molecule has 0 N–H and O–H groups in total. The molecule has 0 aliphatic heterocycles. The van der Waals surface area contributed by atoms with E-state index >= 15 is 0 Å². The highest BCUT2D eigenvalue weighted by atomic mass is 16.5. The fourth-order valence-electron chi connectivity index (χ4n) is 2.46. The van der Waals surface area contributed by atoms with Crippen molar-refractivity contribution in [3.05, 3.63) is 48.7 Å². The van der Waals surface area contributed by atoms with E-state index in [0.717, 1.165) is 6.42 Å². The lowest BCUT2D eigenvalue weighted by molar-refractivity contribution is 0.0855. The van der Waals surface area contributed by atoms with Crippen LogP contribution in [0.5, 0.6) is 0 Å². The summed E-state index contributed by atoms with van der Waals surface area (Å²) >= 11 is 0. The maximum absolute atomic E-state index is 5.61. The quantitative estimate of drug-likeness (QED) is 0.676. The standard InChI is InChI=1S/C14H18O/c1-2-15-14-11-7-6-10-13(14)12-8-4-3-5-9-12/h2-5,8-9,13-14H,1,6-7,10-11H2. The molecule has 0 aromatic heterocycles. The van der Waals surface area contributed by atoms with Gasteiger partial charge < -0.3 is 4.74 Å². The summed E-state index contributed by atoms with van der Waals surface area (Å²) < 4.78 is 5.61. The average molecular weight is 202 g/mol. The Labute approximate surface area is 91.8 Å². The highest BCUT2D eigenvalue weighted by molar-refractivity contribution is 5.21.